The van der Waals surface area contributed by atoms with Crippen molar-refractivity contribution in [2.45, 2.75) is 0 Å². The highest BCUT2D eigenvalue weighted by molar-refractivity contribution is 6.30. The number of nitrogens with two attached hydrogens (primary N) is 1. The van der Waals surface area contributed by atoms with Crippen LogP contribution in [0.25, 0.3) is 0 Å². The molecular weight excluding hydrogens is 276 g/mol. The highest BCUT2D eigenvalue weighted by Gasteiger charge is 2.15. The predicted molar refractivity (Wildman–Crippen MR) is 68.0 cm³/mol. The highest BCUT2D eigenvalue weighted by Crippen LogP contribution is 2.18. The summed E-state index contributed by atoms with van der Waals surface area (Å²) in [6.07, 6.45) is 1.33. The fourth-order valence-electron chi connectivity index (χ4n) is 1.37. The van der Waals surface area contributed by atoms with Crippen LogP contribution in [0, 0.1) is 11.6 Å². The van der Waals surface area contributed by atoms with Crippen molar-refractivity contribution in [1.82, 2.24) is 4.98 Å². The second kappa shape index (κ2) is 5.19. The van der Waals surface area contributed by atoms with Crippen molar-refractivity contribution in [2.75, 3.05) is 11.1 Å². The number of pyridine rings is 1. The van der Waals surface area contributed by atoms with Crippen molar-refractivity contribution < 1.29 is 13.6 Å². The molecule has 1 aromatic heterocycles. The lowest BCUT2D eigenvalue weighted by Crippen LogP contribution is -2.15. The number of carbonyl (C=O) groups excluding carboxylic acids is 1. The van der Waals surface area contributed by atoms with Gasteiger partial charge in [-0.25, -0.2) is 13.8 Å². The number of carbonyl (C=O) groups is 1. The van der Waals surface area contributed by atoms with E-state index in [0.29, 0.717) is 11.1 Å². The van der Waals surface area contributed by atoms with E-state index in [1.165, 1.54) is 18.3 Å². The third-order valence-corrected chi connectivity index (χ3v) is 2.52. The minimum Gasteiger partial charge on any atom is -0.396 e. The molecular formula is C12H8ClF2N3O. The number of benzene rings is 1. The second-order valence-electron chi connectivity index (χ2n) is 3.67. The van der Waals surface area contributed by atoms with Gasteiger partial charge in [-0.2, -0.15) is 0 Å². The van der Waals surface area contributed by atoms with Gasteiger partial charge in [-0.05, 0) is 18.2 Å². The van der Waals surface area contributed by atoms with Gasteiger partial charge in [0, 0.05) is 12.3 Å². The number of anilines is 2. The largest absolute Gasteiger partial charge is 0.396 e. The number of nitrogens with one attached hydrogen (secondary N) is 1. The van der Waals surface area contributed by atoms with Gasteiger partial charge in [-0.15, -0.1) is 0 Å². The van der Waals surface area contributed by atoms with Crippen molar-refractivity contribution in [3.63, 3.8) is 0 Å². The molecule has 19 heavy (non-hydrogen) atoms. The summed E-state index contributed by atoms with van der Waals surface area (Å²) in [5.41, 5.74) is 4.61. The maximum absolute atomic E-state index is 13.4. The van der Waals surface area contributed by atoms with Crippen LogP contribution >= 0.6 is 11.6 Å². The molecule has 0 saturated carbocycles. The fraction of sp³-hybridized carbons (Fsp3) is 0. The molecule has 2 rings (SSSR count). The molecule has 1 heterocycles. The van der Waals surface area contributed by atoms with E-state index in [4.69, 9.17) is 17.3 Å². The van der Waals surface area contributed by atoms with Crippen LogP contribution in [0.5, 0.6) is 0 Å². The first kappa shape index (κ1) is 13.2. The number of nitrogen functional groups attached to an aromatic ring is 1. The number of amides is 1. The van der Waals surface area contributed by atoms with Crippen LogP contribution in [-0.4, -0.2) is 10.9 Å². The average molecular weight is 284 g/mol. The molecule has 3 N–H and O–H groups in total. The van der Waals surface area contributed by atoms with Gasteiger partial charge in [0.15, 0.2) is 0 Å². The van der Waals surface area contributed by atoms with E-state index >= 15 is 0 Å². The summed E-state index contributed by atoms with van der Waals surface area (Å²) >= 11 is 5.64. The van der Waals surface area contributed by atoms with E-state index in [1.807, 2.05) is 0 Å². The minimum atomic E-state index is -1.00. The second-order valence-corrected chi connectivity index (χ2v) is 4.11. The van der Waals surface area contributed by atoms with Crippen LogP contribution in [0.1, 0.15) is 10.4 Å². The first-order chi connectivity index (χ1) is 8.97. The maximum atomic E-state index is 13.4. The molecule has 0 atom stereocenters. The number of halogens is 3. The Hall–Kier alpha value is -2.21. The molecule has 0 fully saturated rings. The summed E-state index contributed by atoms with van der Waals surface area (Å²) in [5, 5.41) is 2.74. The van der Waals surface area contributed by atoms with Crippen LogP contribution in [0.4, 0.5) is 20.3 Å². The molecule has 98 valence electrons. The van der Waals surface area contributed by atoms with Crippen LogP contribution in [0.2, 0.25) is 5.02 Å². The Kier molecular flexibility index (Phi) is 3.62. The molecule has 0 aliphatic heterocycles. The van der Waals surface area contributed by atoms with Crippen LogP contribution in [0.3, 0.4) is 0 Å². The molecule has 0 spiro atoms. The van der Waals surface area contributed by atoms with Gasteiger partial charge in [0.25, 0.3) is 5.91 Å². The minimum absolute atomic E-state index is 0.191. The molecule has 1 amide bonds. The van der Waals surface area contributed by atoms with Crippen LogP contribution < -0.4 is 11.1 Å². The van der Waals surface area contributed by atoms with Gasteiger partial charge < -0.3 is 11.1 Å². The van der Waals surface area contributed by atoms with E-state index in [0.717, 1.165) is 6.07 Å². The van der Waals surface area contributed by atoms with E-state index in [2.05, 4.69) is 10.3 Å². The first-order valence-electron chi connectivity index (χ1n) is 5.15. The molecule has 0 saturated heterocycles. The lowest BCUT2D eigenvalue weighted by atomic mass is 10.1. The lowest BCUT2D eigenvalue weighted by Gasteiger charge is -2.06. The molecule has 0 aliphatic carbocycles. The maximum Gasteiger partial charge on any atom is 0.259 e. The molecule has 0 aliphatic rings. The molecule has 0 bridgehead atoms. The summed E-state index contributed by atoms with van der Waals surface area (Å²) in [7, 11) is 0. The van der Waals surface area contributed by atoms with Gasteiger partial charge in [-0.3, -0.25) is 4.79 Å². The third kappa shape index (κ3) is 2.97. The number of rotatable bonds is 2. The SMILES string of the molecule is Nc1cc(C(=O)Nc2ccc(Cl)cn2)c(F)cc1F. The van der Waals surface area contributed by atoms with Gasteiger partial charge >= 0.3 is 0 Å². The smallest absolute Gasteiger partial charge is 0.259 e. The van der Waals surface area contributed by atoms with Gasteiger partial charge in [0.2, 0.25) is 0 Å². The number of aromatic nitrogens is 1. The Balaban J connectivity index is 2.25. The molecule has 0 unspecified atom stereocenters. The van der Waals surface area contributed by atoms with Crippen molar-refractivity contribution in [1.29, 1.82) is 0 Å². The van der Waals surface area contributed by atoms with Crippen molar-refractivity contribution >= 4 is 29.0 Å². The Morgan fingerprint density at radius 1 is 1.26 bits per heavy atom. The van der Waals surface area contributed by atoms with E-state index in [9.17, 15) is 13.6 Å². The predicted octanol–water partition coefficient (Wildman–Crippen LogP) is 2.85. The lowest BCUT2D eigenvalue weighted by molar-refractivity contribution is 0.102. The van der Waals surface area contributed by atoms with Gasteiger partial charge in [0.1, 0.15) is 17.5 Å². The summed E-state index contributed by atoms with van der Waals surface area (Å²) in [6.45, 7) is 0. The van der Waals surface area contributed by atoms with Gasteiger partial charge in [-0.1, -0.05) is 11.6 Å². The summed E-state index contributed by atoms with van der Waals surface area (Å²) in [5.74, 6) is -2.51. The van der Waals surface area contributed by atoms with E-state index in [-0.39, 0.29) is 17.1 Å². The Morgan fingerprint density at radius 2 is 2.00 bits per heavy atom. The molecule has 1 aromatic carbocycles. The number of nitrogens with zero attached hydrogens (tertiary/aromatic N) is 1. The fourth-order valence-corrected chi connectivity index (χ4v) is 1.48. The van der Waals surface area contributed by atoms with Crippen LogP contribution in [0.15, 0.2) is 30.5 Å². The van der Waals surface area contributed by atoms with E-state index in [1.54, 1.807) is 0 Å². The number of hydrogen-bond donors (Lipinski definition) is 2. The zero-order valence-corrected chi connectivity index (χ0v) is 10.2. The van der Waals surface area contributed by atoms with Crippen molar-refractivity contribution in [2.24, 2.45) is 0 Å². The molecule has 2 aromatic rings. The zero-order valence-electron chi connectivity index (χ0n) is 9.45. The normalized spacial score (nSPS) is 10.3. The Morgan fingerprint density at radius 3 is 2.63 bits per heavy atom. The average Bonchev–Trinajstić information content (AvgIpc) is 2.36. The Bertz CT molecular complexity index is 632. The first-order valence-corrected chi connectivity index (χ1v) is 5.52. The van der Waals surface area contributed by atoms with Crippen molar-refractivity contribution in [3.05, 3.63) is 52.7 Å². The third-order valence-electron chi connectivity index (χ3n) is 2.30. The standard InChI is InChI=1S/C12H8ClF2N3O/c13-6-1-2-11(17-5-6)18-12(19)7-3-10(16)9(15)4-8(7)14/h1-5H,16H2,(H,17,18,19). The quantitative estimate of drug-likeness (QED) is 0.833. The summed E-state index contributed by atoms with van der Waals surface area (Å²) in [4.78, 5) is 15.6. The number of hydrogen-bond acceptors (Lipinski definition) is 3. The monoisotopic (exact) mass is 283 g/mol. The molecule has 4 nitrogen and oxygen atoms in total. The van der Waals surface area contributed by atoms with Crippen LogP contribution in [-0.2, 0) is 0 Å². The summed E-state index contributed by atoms with van der Waals surface area (Å²) in [6, 6.07) is 4.44. The summed E-state index contributed by atoms with van der Waals surface area (Å²) < 4.78 is 26.4. The van der Waals surface area contributed by atoms with E-state index < -0.39 is 17.5 Å². The Labute approximate surface area is 112 Å². The topological polar surface area (TPSA) is 68.0 Å². The zero-order chi connectivity index (χ0) is 14.0. The van der Waals surface area contributed by atoms with Crippen molar-refractivity contribution in [3.8, 4) is 0 Å². The van der Waals surface area contributed by atoms with Gasteiger partial charge in [0.05, 0.1) is 16.3 Å². The molecule has 7 heteroatoms. The molecule has 0 radical (unpaired) electrons. The highest BCUT2D eigenvalue weighted by atomic mass is 35.5.